The Morgan fingerprint density at radius 3 is 2.22 bits per heavy atom. The Morgan fingerprint density at radius 2 is 1.59 bits per heavy atom. The molecule has 1 saturated heterocycles. The second-order valence-electron chi connectivity index (χ2n) is 9.75. The molecule has 0 spiro atoms. The fourth-order valence-electron chi connectivity index (χ4n) is 6.12. The summed E-state index contributed by atoms with van der Waals surface area (Å²) < 4.78 is 1.34. The van der Waals surface area contributed by atoms with E-state index in [-0.39, 0.29) is 5.41 Å². The molecule has 1 aromatic rings. The summed E-state index contributed by atoms with van der Waals surface area (Å²) in [5.41, 5.74) is 0.516. The Morgan fingerprint density at radius 1 is 0.926 bits per heavy atom. The van der Waals surface area contributed by atoms with Crippen molar-refractivity contribution < 1.29 is 9.59 Å². The summed E-state index contributed by atoms with van der Waals surface area (Å²) in [4.78, 5) is 0. The van der Waals surface area contributed by atoms with Crippen LogP contribution in [0.3, 0.4) is 0 Å². The Balaban J connectivity index is 1.65. The molecule has 2 heteroatoms. The van der Waals surface area contributed by atoms with Crippen molar-refractivity contribution in [3.8, 4) is 0 Å². The maximum Gasteiger partial charge on any atom is 0.0949 e. The number of unbranched alkanes of at least 4 members (excludes halogenated alkanes) is 1. The lowest BCUT2D eigenvalue weighted by Crippen LogP contribution is -2.52. The quantitative estimate of drug-likeness (QED) is 0.414. The van der Waals surface area contributed by atoms with Gasteiger partial charge in [0.2, 0.25) is 0 Å². The summed E-state index contributed by atoms with van der Waals surface area (Å²) in [5, 5.41) is 11.9. The lowest BCUT2D eigenvalue weighted by molar-refractivity contribution is -0.932. The van der Waals surface area contributed by atoms with Crippen LogP contribution in [0.1, 0.15) is 90.0 Å². The van der Waals surface area contributed by atoms with Crippen molar-refractivity contribution in [3.63, 3.8) is 0 Å². The van der Waals surface area contributed by atoms with Gasteiger partial charge < -0.3 is 9.59 Å². The lowest BCUT2D eigenvalue weighted by Gasteiger charge is -2.44. The third-order valence-corrected chi connectivity index (χ3v) is 7.84. The largest absolute Gasteiger partial charge is 0.385 e. The third kappa shape index (κ3) is 4.59. The smallest absolute Gasteiger partial charge is 0.0949 e. The van der Waals surface area contributed by atoms with Crippen LogP contribution in [0.4, 0.5) is 0 Å². The first-order chi connectivity index (χ1) is 13.0. The molecule has 1 aliphatic heterocycles. The van der Waals surface area contributed by atoms with Gasteiger partial charge >= 0.3 is 0 Å². The molecule has 0 bridgehead atoms. The fourth-order valence-corrected chi connectivity index (χ4v) is 6.12. The molecule has 1 aliphatic carbocycles. The molecule has 3 rings (SSSR count). The number of quaternary nitrogens is 1. The number of nitrogens with zero attached hydrogens (tertiary/aromatic N) is 1. The molecule has 1 saturated carbocycles. The number of hydrogen-bond acceptors (Lipinski definition) is 1. The molecule has 2 aliphatic rings. The number of benzene rings is 1. The highest BCUT2D eigenvalue weighted by Crippen LogP contribution is 2.53. The van der Waals surface area contributed by atoms with Crippen LogP contribution in [-0.4, -0.2) is 35.8 Å². The van der Waals surface area contributed by atoms with Crippen molar-refractivity contribution in [2.75, 3.05) is 26.2 Å². The van der Waals surface area contributed by atoms with E-state index < -0.39 is 5.60 Å². The summed E-state index contributed by atoms with van der Waals surface area (Å²) in [6.07, 6.45) is 13.7. The van der Waals surface area contributed by atoms with E-state index >= 15 is 0 Å². The summed E-state index contributed by atoms with van der Waals surface area (Å²) in [6, 6.07) is 10.6. The first-order valence-corrected chi connectivity index (χ1v) is 11.7. The molecule has 2 nitrogen and oxygen atoms in total. The van der Waals surface area contributed by atoms with Crippen LogP contribution in [0.15, 0.2) is 30.3 Å². The van der Waals surface area contributed by atoms with Crippen LogP contribution in [-0.2, 0) is 5.60 Å². The van der Waals surface area contributed by atoms with Gasteiger partial charge in [0.25, 0.3) is 0 Å². The van der Waals surface area contributed by atoms with Crippen molar-refractivity contribution in [2.24, 2.45) is 5.41 Å². The van der Waals surface area contributed by atoms with Crippen LogP contribution in [0.5, 0.6) is 0 Å². The maximum atomic E-state index is 11.9. The summed E-state index contributed by atoms with van der Waals surface area (Å²) >= 11 is 0. The molecule has 0 unspecified atom stereocenters. The predicted octanol–water partition coefficient (Wildman–Crippen LogP) is 6.04. The van der Waals surface area contributed by atoms with Crippen molar-refractivity contribution in [2.45, 2.75) is 90.1 Å². The molecule has 1 aromatic carbocycles. The van der Waals surface area contributed by atoms with Crippen LogP contribution >= 0.6 is 0 Å². The number of aliphatic hydroxyl groups is 1. The molecule has 152 valence electrons. The first-order valence-electron chi connectivity index (χ1n) is 11.7. The zero-order valence-electron chi connectivity index (χ0n) is 17.9. The van der Waals surface area contributed by atoms with E-state index in [1.54, 1.807) is 0 Å². The van der Waals surface area contributed by atoms with E-state index in [1.807, 2.05) is 0 Å². The summed E-state index contributed by atoms with van der Waals surface area (Å²) in [6.45, 7) is 10.1. The molecule has 2 fully saturated rings. The van der Waals surface area contributed by atoms with Crippen molar-refractivity contribution in [1.82, 2.24) is 0 Å². The Hall–Kier alpha value is -0.860. The average molecular weight is 373 g/mol. The van der Waals surface area contributed by atoms with E-state index in [1.165, 1.54) is 75.6 Å². The van der Waals surface area contributed by atoms with Gasteiger partial charge in [0.1, 0.15) is 0 Å². The molecule has 0 radical (unpaired) electrons. The number of likely N-dealkylation sites (tertiary alicyclic amines) is 1. The molecular weight excluding hydrogens is 330 g/mol. The van der Waals surface area contributed by atoms with Crippen LogP contribution < -0.4 is 0 Å². The first kappa shape index (κ1) is 20.9. The van der Waals surface area contributed by atoms with Gasteiger partial charge in [-0.3, -0.25) is 0 Å². The van der Waals surface area contributed by atoms with Crippen molar-refractivity contribution in [1.29, 1.82) is 0 Å². The zero-order chi connectivity index (χ0) is 19.2. The van der Waals surface area contributed by atoms with Gasteiger partial charge in [0, 0.05) is 5.41 Å². The van der Waals surface area contributed by atoms with Gasteiger partial charge in [-0.05, 0) is 63.4 Å². The van der Waals surface area contributed by atoms with Crippen LogP contribution in [0, 0.1) is 5.41 Å². The van der Waals surface area contributed by atoms with Gasteiger partial charge in [-0.1, -0.05) is 57.0 Å². The summed E-state index contributed by atoms with van der Waals surface area (Å²) in [7, 11) is 0. The van der Waals surface area contributed by atoms with E-state index in [4.69, 9.17) is 0 Å². The van der Waals surface area contributed by atoms with Crippen molar-refractivity contribution in [3.05, 3.63) is 35.9 Å². The van der Waals surface area contributed by atoms with E-state index in [9.17, 15) is 5.11 Å². The minimum atomic E-state index is -0.664. The predicted molar refractivity (Wildman–Crippen MR) is 115 cm³/mol. The third-order valence-electron chi connectivity index (χ3n) is 7.84. The number of hydrogen-bond donors (Lipinski definition) is 1. The number of rotatable bonds is 9. The standard InChI is InChI=1S/C25H42NO/c1-3-19-26(20-11-5-12-21-26)22-13-10-18-25(27,23-14-6-4-7-15-23)24(2)16-8-9-17-24/h4,6-7,14-15,27H,3,5,8-13,16-22H2,1-2H3/q+1/t25-/m1/s1. The molecule has 1 atom stereocenters. The van der Waals surface area contributed by atoms with E-state index in [0.29, 0.717) is 0 Å². The zero-order valence-corrected chi connectivity index (χ0v) is 17.9. The average Bonchev–Trinajstić information content (AvgIpc) is 3.15. The minimum absolute atomic E-state index is 0.0369. The molecule has 0 amide bonds. The maximum absolute atomic E-state index is 11.9. The molecule has 1 N–H and O–H groups in total. The number of piperidine rings is 1. The highest BCUT2D eigenvalue weighted by molar-refractivity contribution is 5.25. The second kappa shape index (κ2) is 9.09. The fraction of sp³-hybridized carbons (Fsp3) is 0.760. The Labute approximate surface area is 167 Å². The van der Waals surface area contributed by atoms with Gasteiger partial charge in [-0.25, -0.2) is 0 Å². The Kier molecular flexibility index (Phi) is 7.03. The van der Waals surface area contributed by atoms with Crippen molar-refractivity contribution >= 4 is 0 Å². The lowest BCUT2D eigenvalue weighted by atomic mass is 9.66. The van der Waals surface area contributed by atoms with E-state index in [2.05, 4.69) is 44.2 Å². The highest BCUT2D eigenvalue weighted by atomic mass is 16.3. The summed E-state index contributed by atoms with van der Waals surface area (Å²) in [5.74, 6) is 0. The van der Waals surface area contributed by atoms with Crippen LogP contribution in [0.25, 0.3) is 0 Å². The van der Waals surface area contributed by atoms with Gasteiger partial charge in [-0.2, -0.15) is 0 Å². The van der Waals surface area contributed by atoms with E-state index in [0.717, 1.165) is 31.2 Å². The minimum Gasteiger partial charge on any atom is -0.385 e. The van der Waals surface area contributed by atoms with Gasteiger partial charge in [-0.15, -0.1) is 0 Å². The molecule has 27 heavy (non-hydrogen) atoms. The monoisotopic (exact) mass is 372 g/mol. The SMILES string of the molecule is CCC[N+]1(CCCC[C@@](O)(c2ccccc2)C2(C)CCCC2)CCCCC1. The van der Waals surface area contributed by atoms with Gasteiger partial charge in [0.15, 0.2) is 0 Å². The second-order valence-corrected chi connectivity index (χ2v) is 9.75. The molecular formula is C25H42NO+. The van der Waals surface area contributed by atoms with Crippen LogP contribution in [0.2, 0.25) is 0 Å². The molecule has 0 aromatic heterocycles. The molecule has 1 heterocycles. The normalized spacial score (nSPS) is 23.8. The topological polar surface area (TPSA) is 20.2 Å². The Bertz CT molecular complexity index is 551. The highest BCUT2D eigenvalue weighted by Gasteiger charge is 2.48. The van der Waals surface area contributed by atoms with Gasteiger partial charge in [0.05, 0.1) is 31.8 Å².